The highest BCUT2D eigenvalue weighted by molar-refractivity contribution is 6.33. The highest BCUT2D eigenvalue weighted by atomic mass is 14.1. The van der Waals surface area contributed by atoms with Gasteiger partial charge >= 0.3 is 0 Å². The smallest absolute Gasteiger partial charge is 0.0877 e. The molecule has 0 radical (unpaired) electrons. The summed E-state index contributed by atoms with van der Waals surface area (Å²) >= 11 is 0. The third kappa shape index (κ3) is 2.82. The quantitative estimate of drug-likeness (QED) is 0.367. The van der Waals surface area contributed by atoms with Crippen molar-refractivity contribution in [3.63, 3.8) is 0 Å². The molecule has 0 amide bonds. The summed E-state index contributed by atoms with van der Waals surface area (Å²) in [7, 11) is 2.18. The van der Waals surface area contributed by atoms with E-state index in [0.717, 1.165) is 0 Å². The van der Waals surface area contributed by atoms with E-state index >= 15 is 0 Å². The zero-order valence-electron chi connectivity index (χ0n) is 15.3. The number of fused-ring (bicyclic) bond motifs is 2. The summed E-state index contributed by atoms with van der Waals surface area (Å²) in [6, 6.07) is 37.2. The molecule has 0 N–H and O–H groups in total. The van der Waals surface area contributed by atoms with Crippen molar-refractivity contribution in [1.82, 2.24) is 0 Å². The molecule has 0 heterocycles. The second-order valence-corrected chi connectivity index (χ2v) is 7.14. The Morgan fingerprint density at radius 3 is 1.41 bits per heavy atom. The SMILES string of the molecule is Bc1cc(-c2cccc3ccccc23)cc(-c2cccc3ccccc23)c1. The molecule has 0 unspecified atom stereocenters. The predicted octanol–water partition coefficient (Wildman–Crippen LogP) is 5.59. The lowest BCUT2D eigenvalue weighted by Crippen LogP contribution is -2.03. The molecule has 5 aromatic carbocycles. The van der Waals surface area contributed by atoms with E-state index in [1.54, 1.807) is 0 Å². The highest BCUT2D eigenvalue weighted by Gasteiger charge is 2.09. The van der Waals surface area contributed by atoms with Crippen molar-refractivity contribution < 1.29 is 0 Å². The van der Waals surface area contributed by atoms with E-state index in [1.165, 1.54) is 49.3 Å². The summed E-state index contributed by atoms with van der Waals surface area (Å²) < 4.78 is 0. The average molecular weight is 342 g/mol. The fourth-order valence-electron chi connectivity index (χ4n) is 4.05. The lowest BCUT2D eigenvalue weighted by Gasteiger charge is -2.13. The summed E-state index contributed by atoms with van der Waals surface area (Å²) in [5.74, 6) is 0. The van der Waals surface area contributed by atoms with Crippen LogP contribution in [0, 0.1) is 0 Å². The minimum Gasteiger partial charge on any atom is -0.0877 e. The summed E-state index contributed by atoms with van der Waals surface area (Å²) in [5, 5.41) is 5.16. The fourth-order valence-corrected chi connectivity index (χ4v) is 4.05. The van der Waals surface area contributed by atoms with Gasteiger partial charge in [-0.25, -0.2) is 0 Å². The van der Waals surface area contributed by atoms with E-state index in [0.29, 0.717) is 0 Å². The first-order valence-electron chi connectivity index (χ1n) is 9.37. The van der Waals surface area contributed by atoms with Crippen molar-refractivity contribution in [3.8, 4) is 22.3 Å². The predicted molar refractivity (Wildman–Crippen MR) is 121 cm³/mol. The molecule has 0 aliphatic heterocycles. The van der Waals surface area contributed by atoms with Gasteiger partial charge in [-0.2, -0.15) is 0 Å². The Morgan fingerprint density at radius 1 is 0.444 bits per heavy atom. The summed E-state index contributed by atoms with van der Waals surface area (Å²) in [6.07, 6.45) is 0. The zero-order chi connectivity index (χ0) is 18.2. The van der Waals surface area contributed by atoms with Gasteiger partial charge in [0.2, 0.25) is 0 Å². The van der Waals surface area contributed by atoms with Gasteiger partial charge in [0.05, 0.1) is 0 Å². The van der Waals surface area contributed by atoms with Crippen molar-refractivity contribution in [2.75, 3.05) is 0 Å². The van der Waals surface area contributed by atoms with Crippen molar-refractivity contribution in [3.05, 3.63) is 103 Å². The van der Waals surface area contributed by atoms with Gasteiger partial charge in [0.1, 0.15) is 7.85 Å². The van der Waals surface area contributed by atoms with Crippen LogP contribution >= 0.6 is 0 Å². The molecule has 0 saturated carbocycles. The first kappa shape index (κ1) is 15.9. The Hall–Kier alpha value is -3.32. The molecule has 0 spiro atoms. The largest absolute Gasteiger partial charge is 0.139 e. The van der Waals surface area contributed by atoms with Gasteiger partial charge in [0.25, 0.3) is 0 Å². The molecule has 0 bridgehead atoms. The second kappa shape index (κ2) is 6.44. The Bertz CT molecular complexity index is 1180. The van der Waals surface area contributed by atoms with Crippen molar-refractivity contribution >= 4 is 34.9 Å². The molecule has 0 aliphatic carbocycles. The lowest BCUT2D eigenvalue weighted by molar-refractivity contribution is 1.64. The molecule has 1 heteroatoms. The number of hydrogen-bond donors (Lipinski definition) is 0. The summed E-state index contributed by atoms with van der Waals surface area (Å²) in [4.78, 5) is 0. The standard InChI is InChI=1S/C26H19B/c27-22-16-20(25-13-5-9-18-7-1-3-11-23(18)25)15-21(17-22)26-14-6-10-19-8-2-4-12-24(19)26/h1-17H,27H2. The van der Waals surface area contributed by atoms with E-state index < -0.39 is 0 Å². The van der Waals surface area contributed by atoms with E-state index in [4.69, 9.17) is 0 Å². The van der Waals surface area contributed by atoms with Crippen LogP contribution < -0.4 is 5.46 Å². The van der Waals surface area contributed by atoms with Crippen LogP contribution in [0.2, 0.25) is 0 Å². The van der Waals surface area contributed by atoms with E-state index in [9.17, 15) is 0 Å². The van der Waals surface area contributed by atoms with Crippen LogP contribution in [0.25, 0.3) is 43.8 Å². The summed E-state index contributed by atoms with van der Waals surface area (Å²) in [6.45, 7) is 0. The molecule has 0 aliphatic rings. The lowest BCUT2D eigenvalue weighted by atomic mass is 9.86. The van der Waals surface area contributed by atoms with Gasteiger partial charge in [-0.1, -0.05) is 103 Å². The fraction of sp³-hybridized carbons (Fsp3) is 0. The van der Waals surface area contributed by atoms with Crippen LogP contribution in [0.4, 0.5) is 0 Å². The van der Waals surface area contributed by atoms with E-state index in [2.05, 4.69) is 111 Å². The maximum Gasteiger partial charge on any atom is 0.139 e. The monoisotopic (exact) mass is 342 g/mol. The molecule has 0 saturated heterocycles. The molecule has 5 rings (SSSR count). The van der Waals surface area contributed by atoms with Crippen LogP contribution in [0.15, 0.2) is 103 Å². The molecule has 0 aromatic heterocycles. The number of benzene rings is 5. The van der Waals surface area contributed by atoms with Gasteiger partial charge in [0, 0.05) is 0 Å². The maximum atomic E-state index is 2.33. The normalized spacial score (nSPS) is 11.1. The van der Waals surface area contributed by atoms with Crippen LogP contribution in [-0.4, -0.2) is 7.85 Å². The van der Waals surface area contributed by atoms with Crippen molar-refractivity contribution in [1.29, 1.82) is 0 Å². The molecular formula is C26H19B. The summed E-state index contributed by atoms with van der Waals surface area (Å²) in [5.41, 5.74) is 6.41. The van der Waals surface area contributed by atoms with Gasteiger partial charge in [-0.05, 0) is 49.9 Å². The van der Waals surface area contributed by atoms with E-state index in [-0.39, 0.29) is 0 Å². The maximum absolute atomic E-state index is 2.33. The Balaban J connectivity index is 1.76. The van der Waals surface area contributed by atoms with Crippen LogP contribution in [0.5, 0.6) is 0 Å². The molecular weight excluding hydrogens is 323 g/mol. The second-order valence-electron chi connectivity index (χ2n) is 7.14. The van der Waals surface area contributed by atoms with Gasteiger partial charge in [0.15, 0.2) is 0 Å². The molecule has 126 valence electrons. The molecule has 0 atom stereocenters. The minimum absolute atomic E-state index is 1.27. The van der Waals surface area contributed by atoms with Gasteiger partial charge in [-0.3, -0.25) is 0 Å². The Kier molecular flexibility index (Phi) is 3.80. The Morgan fingerprint density at radius 2 is 0.889 bits per heavy atom. The molecule has 5 aromatic rings. The third-order valence-electron chi connectivity index (χ3n) is 5.28. The van der Waals surface area contributed by atoms with Crippen molar-refractivity contribution in [2.24, 2.45) is 0 Å². The van der Waals surface area contributed by atoms with Crippen LogP contribution in [-0.2, 0) is 0 Å². The van der Waals surface area contributed by atoms with Crippen LogP contribution in [0.1, 0.15) is 0 Å². The zero-order valence-corrected chi connectivity index (χ0v) is 15.3. The highest BCUT2D eigenvalue weighted by Crippen LogP contribution is 2.33. The van der Waals surface area contributed by atoms with Crippen molar-refractivity contribution in [2.45, 2.75) is 0 Å². The number of rotatable bonds is 2. The first-order chi connectivity index (χ1) is 13.3. The number of hydrogen-bond acceptors (Lipinski definition) is 0. The first-order valence-corrected chi connectivity index (χ1v) is 9.37. The Labute approximate surface area is 160 Å². The molecule has 0 nitrogen and oxygen atoms in total. The third-order valence-corrected chi connectivity index (χ3v) is 5.28. The van der Waals surface area contributed by atoms with Gasteiger partial charge in [-0.15, -0.1) is 0 Å². The van der Waals surface area contributed by atoms with Gasteiger partial charge < -0.3 is 0 Å². The molecule has 0 fully saturated rings. The molecule has 27 heavy (non-hydrogen) atoms. The van der Waals surface area contributed by atoms with E-state index in [1.807, 2.05) is 0 Å². The minimum atomic E-state index is 1.27. The van der Waals surface area contributed by atoms with Crippen LogP contribution in [0.3, 0.4) is 0 Å². The topological polar surface area (TPSA) is 0 Å². The average Bonchev–Trinajstić information content (AvgIpc) is 2.72.